The van der Waals surface area contributed by atoms with Crippen LogP contribution in [0.3, 0.4) is 0 Å². The summed E-state index contributed by atoms with van der Waals surface area (Å²) in [5, 5.41) is 3.94. The molecule has 3 N–H and O–H groups in total. The first-order valence-corrected chi connectivity index (χ1v) is 7.19. The van der Waals surface area contributed by atoms with Gasteiger partial charge in [0.15, 0.2) is 0 Å². The van der Waals surface area contributed by atoms with Crippen molar-refractivity contribution in [3.63, 3.8) is 0 Å². The minimum atomic E-state index is -0.626. The molecule has 1 aliphatic heterocycles. The zero-order chi connectivity index (χ0) is 11.5. The van der Waals surface area contributed by atoms with Crippen molar-refractivity contribution in [2.45, 2.75) is 18.9 Å². The topological polar surface area (TPSA) is 55.1 Å². The number of para-hydroxylation sites is 1. The van der Waals surface area contributed by atoms with Gasteiger partial charge in [-0.15, -0.1) is 0 Å². The highest BCUT2D eigenvalue weighted by Crippen LogP contribution is 2.28. The van der Waals surface area contributed by atoms with Gasteiger partial charge < -0.3 is 11.1 Å². The number of nitrogens with two attached hydrogens (primary N) is 1. The molecule has 3 nitrogen and oxygen atoms in total. The van der Waals surface area contributed by atoms with Crippen LogP contribution in [0.15, 0.2) is 18.2 Å². The second kappa shape index (κ2) is 5.06. The van der Waals surface area contributed by atoms with Gasteiger partial charge in [-0.05, 0) is 25.0 Å². The average molecular weight is 259 g/mol. The molecule has 0 unspecified atom stereocenters. The number of benzene rings is 1. The summed E-state index contributed by atoms with van der Waals surface area (Å²) in [6, 6.07) is 5.94. The molecule has 0 aliphatic carbocycles. The van der Waals surface area contributed by atoms with Crippen LogP contribution in [0.2, 0.25) is 5.02 Å². The van der Waals surface area contributed by atoms with Gasteiger partial charge in [-0.2, -0.15) is 0 Å². The molecule has 16 heavy (non-hydrogen) atoms. The summed E-state index contributed by atoms with van der Waals surface area (Å²) in [6.07, 6.45) is 1.86. The molecular weight excluding hydrogens is 244 g/mol. The van der Waals surface area contributed by atoms with Crippen LogP contribution in [0, 0.1) is 0 Å². The van der Waals surface area contributed by atoms with E-state index in [1.165, 1.54) is 0 Å². The Bertz CT molecular complexity index is 401. The van der Waals surface area contributed by atoms with Crippen molar-refractivity contribution in [1.29, 1.82) is 0 Å². The Morgan fingerprint density at radius 2 is 2.06 bits per heavy atom. The molecule has 1 saturated heterocycles. The zero-order valence-electron chi connectivity index (χ0n) is 8.91. The molecule has 0 bridgehead atoms. The largest absolute Gasteiger partial charge is 0.396 e. The van der Waals surface area contributed by atoms with E-state index in [0.717, 1.165) is 30.0 Å². The van der Waals surface area contributed by atoms with Crippen molar-refractivity contribution in [2.75, 3.05) is 22.6 Å². The minimum absolute atomic E-state index is 0.360. The van der Waals surface area contributed by atoms with E-state index in [1.54, 1.807) is 6.07 Å². The molecule has 0 aromatic heterocycles. The molecule has 0 saturated carbocycles. The molecule has 0 atom stereocenters. The number of nitrogens with one attached hydrogen (secondary N) is 1. The fraction of sp³-hybridized carbons (Fsp3) is 0.455. The fourth-order valence-electron chi connectivity index (χ4n) is 1.82. The van der Waals surface area contributed by atoms with Gasteiger partial charge in [0.1, 0.15) is 0 Å². The van der Waals surface area contributed by atoms with Gasteiger partial charge in [-0.3, -0.25) is 4.21 Å². The van der Waals surface area contributed by atoms with Crippen LogP contribution in [0.1, 0.15) is 12.8 Å². The smallest absolute Gasteiger partial charge is 0.0739 e. The van der Waals surface area contributed by atoms with E-state index in [4.69, 9.17) is 17.3 Å². The molecule has 0 spiro atoms. The number of nitrogen functional groups attached to an aromatic ring is 1. The summed E-state index contributed by atoms with van der Waals surface area (Å²) < 4.78 is 11.2. The zero-order valence-corrected chi connectivity index (χ0v) is 10.5. The fourth-order valence-corrected chi connectivity index (χ4v) is 3.29. The summed E-state index contributed by atoms with van der Waals surface area (Å²) in [5.74, 6) is 1.55. The molecule has 1 aromatic carbocycles. The van der Waals surface area contributed by atoms with Crippen LogP contribution in [-0.4, -0.2) is 21.8 Å². The Morgan fingerprint density at radius 1 is 1.38 bits per heavy atom. The van der Waals surface area contributed by atoms with E-state index in [0.29, 0.717) is 16.8 Å². The molecular formula is C11H15ClN2OS. The molecule has 0 radical (unpaired) electrons. The SMILES string of the molecule is Nc1c(Cl)cccc1NC1CCS(=O)CC1. The standard InChI is InChI=1S/C11H15ClN2OS/c12-9-2-1-3-10(11(9)13)14-8-4-6-16(15)7-5-8/h1-3,8,14H,4-7,13H2. The molecule has 0 amide bonds. The van der Waals surface area contributed by atoms with Crippen LogP contribution in [0.4, 0.5) is 11.4 Å². The third-order valence-electron chi connectivity index (χ3n) is 2.80. The van der Waals surface area contributed by atoms with Crippen LogP contribution in [0.25, 0.3) is 0 Å². The predicted octanol–water partition coefficient (Wildman–Crippen LogP) is 2.25. The van der Waals surface area contributed by atoms with Crippen molar-refractivity contribution in [3.05, 3.63) is 23.2 Å². The molecule has 2 rings (SSSR count). The molecule has 1 aromatic rings. The Hall–Kier alpha value is -0.740. The Labute approximate surface area is 103 Å². The van der Waals surface area contributed by atoms with Gasteiger partial charge in [0, 0.05) is 28.3 Å². The molecule has 1 aliphatic rings. The van der Waals surface area contributed by atoms with Gasteiger partial charge in [0.2, 0.25) is 0 Å². The summed E-state index contributed by atoms with van der Waals surface area (Å²) in [4.78, 5) is 0. The van der Waals surface area contributed by atoms with E-state index in [2.05, 4.69) is 5.32 Å². The lowest BCUT2D eigenvalue weighted by Gasteiger charge is -2.24. The normalized spacial score (nSPS) is 25.3. The van der Waals surface area contributed by atoms with Crippen LogP contribution in [0.5, 0.6) is 0 Å². The number of anilines is 2. The van der Waals surface area contributed by atoms with E-state index in [1.807, 2.05) is 12.1 Å². The minimum Gasteiger partial charge on any atom is -0.396 e. The van der Waals surface area contributed by atoms with Crippen molar-refractivity contribution in [1.82, 2.24) is 0 Å². The number of rotatable bonds is 2. The van der Waals surface area contributed by atoms with Crippen molar-refractivity contribution in [2.24, 2.45) is 0 Å². The van der Waals surface area contributed by atoms with Crippen molar-refractivity contribution < 1.29 is 4.21 Å². The van der Waals surface area contributed by atoms with Gasteiger partial charge >= 0.3 is 0 Å². The van der Waals surface area contributed by atoms with E-state index >= 15 is 0 Å². The average Bonchev–Trinajstić information content (AvgIpc) is 2.28. The summed E-state index contributed by atoms with van der Waals surface area (Å²) in [5.41, 5.74) is 7.35. The third-order valence-corrected chi connectivity index (χ3v) is 4.51. The maximum absolute atomic E-state index is 11.2. The lowest BCUT2D eigenvalue weighted by Crippen LogP contribution is -2.29. The van der Waals surface area contributed by atoms with E-state index < -0.39 is 10.8 Å². The lowest BCUT2D eigenvalue weighted by molar-refractivity contribution is 0.624. The number of halogens is 1. The van der Waals surface area contributed by atoms with Crippen LogP contribution in [-0.2, 0) is 10.8 Å². The maximum atomic E-state index is 11.2. The second-order valence-corrected chi connectivity index (χ2v) is 6.07. The highest BCUT2D eigenvalue weighted by atomic mass is 35.5. The molecule has 1 fully saturated rings. The van der Waals surface area contributed by atoms with Crippen molar-refractivity contribution >= 4 is 33.8 Å². The van der Waals surface area contributed by atoms with Crippen molar-refractivity contribution in [3.8, 4) is 0 Å². The van der Waals surface area contributed by atoms with E-state index in [-0.39, 0.29) is 0 Å². The first kappa shape index (κ1) is 11.7. The van der Waals surface area contributed by atoms with E-state index in [9.17, 15) is 4.21 Å². The predicted molar refractivity (Wildman–Crippen MR) is 70.4 cm³/mol. The maximum Gasteiger partial charge on any atom is 0.0739 e. The van der Waals surface area contributed by atoms with Gasteiger partial charge in [-0.1, -0.05) is 17.7 Å². The number of hydrogen-bond acceptors (Lipinski definition) is 3. The molecule has 5 heteroatoms. The second-order valence-electron chi connectivity index (χ2n) is 3.97. The summed E-state index contributed by atoms with van der Waals surface area (Å²) in [7, 11) is -0.626. The first-order valence-electron chi connectivity index (χ1n) is 5.32. The highest BCUT2D eigenvalue weighted by Gasteiger charge is 2.18. The third kappa shape index (κ3) is 2.68. The Balaban J connectivity index is 2.04. The summed E-state index contributed by atoms with van der Waals surface area (Å²) in [6.45, 7) is 0. The van der Waals surface area contributed by atoms with Crippen LogP contribution < -0.4 is 11.1 Å². The van der Waals surface area contributed by atoms with Gasteiger partial charge in [-0.25, -0.2) is 0 Å². The molecule has 88 valence electrons. The van der Waals surface area contributed by atoms with Crippen LogP contribution >= 0.6 is 11.6 Å². The molecule has 1 heterocycles. The monoisotopic (exact) mass is 258 g/mol. The quantitative estimate of drug-likeness (QED) is 0.800. The Morgan fingerprint density at radius 3 is 2.75 bits per heavy atom. The summed E-state index contributed by atoms with van der Waals surface area (Å²) >= 11 is 5.94. The van der Waals surface area contributed by atoms with Gasteiger partial charge in [0.05, 0.1) is 16.4 Å². The number of hydrogen-bond donors (Lipinski definition) is 2. The lowest BCUT2D eigenvalue weighted by atomic mass is 10.1. The first-order chi connectivity index (χ1) is 7.66. The highest BCUT2D eigenvalue weighted by molar-refractivity contribution is 7.85. The Kier molecular flexibility index (Phi) is 3.71. The van der Waals surface area contributed by atoms with Gasteiger partial charge in [0.25, 0.3) is 0 Å².